The van der Waals surface area contributed by atoms with Crippen molar-refractivity contribution in [1.82, 2.24) is 9.97 Å². The van der Waals surface area contributed by atoms with Gasteiger partial charge in [-0.05, 0) is 43.0 Å². The van der Waals surface area contributed by atoms with E-state index < -0.39 is 5.60 Å². The van der Waals surface area contributed by atoms with Gasteiger partial charge in [-0.2, -0.15) is 0 Å². The summed E-state index contributed by atoms with van der Waals surface area (Å²) in [7, 11) is 0. The zero-order chi connectivity index (χ0) is 22.0. The number of carbonyl (C=O) groups is 1. The third-order valence-electron chi connectivity index (χ3n) is 6.33. The second-order valence-corrected chi connectivity index (χ2v) is 8.45. The van der Waals surface area contributed by atoms with Crippen LogP contribution in [0.4, 0.5) is 0 Å². The zero-order valence-electron chi connectivity index (χ0n) is 18.2. The number of ketones is 1. The van der Waals surface area contributed by atoms with Crippen LogP contribution in [0.5, 0.6) is 5.75 Å². The molecule has 0 aliphatic heterocycles. The lowest BCUT2D eigenvalue weighted by molar-refractivity contribution is 0.0971. The Morgan fingerprint density at radius 2 is 1.72 bits per heavy atom. The maximum absolute atomic E-state index is 12.6. The van der Waals surface area contributed by atoms with Gasteiger partial charge in [0.05, 0.1) is 0 Å². The van der Waals surface area contributed by atoms with Gasteiger partial charge in [-0.15, -0.1) is 0 Å². The molecule has 0 unspecified atom stereocenters. The van der Waals surface area contributed by atoms with Crippen LogP contribution >= 0.6 is 0 Å². The summed E-state index contributed by atoms with van der Waals surface area (Å²) in [6.45, 7) is 2.04. The number of nitrogens with zero attached hydrogens (tertiary/aromatic N) is 1. The number of aromatic nitrogens is 2. The van der Waals surface area contributed by atoms with Gasteiger partial charge in [0.15, 0.2) is 17.2 Å². The van der Waals surface area contributed by atoms with E-state index in [1.165, 1.54) is 5.56 Å². The molecule has 1 atom stereocenters. The van der Waals surface area contributed by atoms with Crippen molar-refractivity contribution in [1.29, 1.82) is 0 Å². The van der Waals surface area contributed by atoms with Gasteiger partial charge in [-0.25, -0.2) is 4.98 Å². The molecule has 1 heterocycles. The molecule has 3 aromatic carbocycles. The van der Waals surface area contributed by atoms with Gasteiger partial charge in [0.1, 0.15) is 5.75 Å². The summed E-state index contributed by atoms with van der Waals surface area (Å²) >= 11 is 0. The molecule has 0 fully saturated rings. The van der Waals surface area contributed by atoms with Crippen molar-refractivity contribution in [3.05, 3.63) is 119 Å². The highest BCUT2D eigenvalue weighted by atomic mass is 16.5. The van der Waals surface area contributed by atoms with E-state index in [1.807, 2.05) is 61.7 Å². The maximum atomic E-state index is 12.6. The van der Waals surface area contributed by atoms with Crippen molar-refractivity contribution in [2.24, 2.45) is 0 Å². The minimum absolute atomic E-state index is 0.226. The van der Waals surface area contributed by atoms with Gasteiger partial charge in [-0.3, -0.25) is 4.79 Å². The number of aromatic amines is 1. The quantitative estimate of drug-likeness (QED) is 0.423. The summed E-state index contributed by atoms with van der Waals surface area (Å²) in [5, 5.41) is 0. The monoisotopic (exact) mass is 422 g/mol. The largest absolute Gasteiger partial charge is 0.475 e. The smallest absolute Gasteiger partial charge is 0.188 e. The summed E-state index contributed by atoms with van der Waals surface area (Å²) in [5.74, 6) is 1.76. The molecule has 0 saturated carbocycles. The minimum Gasteiger partial charge on any atom is -0.475 e. The van der Waals surface area contributed by atoms with Crippen LogP contribution < -0.4 is 4.74 Å². The van der Waals surface area contributed by atoms with E-state index in [1.54, 1.807) is 6.20 Å². The van der Waals surface area contributed by atoms with E-state index in [0.717, 1.165) is 53.1 Å². The lowest BCUT2D eigenvalue weighted by Gasteiger charge is -2.32. The number of hydrogen-bond donors (Lipinski definition) is 1. The highest BCUT2D eigenvalue weighted by Gasteiger charge is 2.35. The molecule has 4 heteroatoms. The Morgan fingerprint density at radius 1 is 0.969 bits per heavy atom. The number of H-pyrrole nitrogens is 1. The Labute approximate surface area is 188 Å². The van der Waals surface area contributed by atoms with E-state index in [-0.39, 0.29) is 5.78 Å². The average Bonchev–Trinajstić information content (AvgIpc) is 3.38. The van der Waals surface area contributed by atoms with Crippen molar-refractivity contribution >= 4 is 5.78 Å². The summed E-state index contributed by atoms with van der Waals surface area (Å²) in [6.07, 6.45) is 6.67. The second kappa shape index (κ2) is 8.46. The van der Waals surface area contributed by atoms with Crippen molar-refractivity contribution in [2.45, 2.75) is 38.2 Å². The molecule has 0 saturated heterocycles. The van der Waals surface area contributed by atoms with Crippen molar-refractivity contribution in [3.8, 4) is 5.75 Å². The van der Waals surface area contributed by atoms with Crippen LogP contribution in [0, 0.1) is 0 Å². The van der Waals surface area contributed by atoms with Crippen LogP contribution in [0.15, 0.2) is 85.2 Å². The molecule has 32 heavy (non-hydrogen) atoms. The molecule has 160 valence electrons. The molecule has 1 aromatic heterocycles. The van der Waals surface area contributed by atoms with Gasteiger partial charge in [0.25, 0.3) is 0 Å². The fourth-order valence-electron chi connectivity index (χ4n) is 4.61. The first-order valence-electron chi connectivity index (χ1n) is 11.1. The first-order chi connectivity index (χ1) is 15.6. The summed E-state index contributed by atoms with van der Waals surface area (Å²) in [4.78, 5) is 20.4. The predicted octanol–water partition coefficient (Wildman–Crippen LogP) is 5.86. The van der Waals surface area contributed by atoms with Crippen LogP contribution in [0.2, 0.25) is 0 Å². The number of fused-ring (bicyclic) bond motifs is 1. The average molecular weight is 423 g/mol. The fraction of sp³-hybridized carbons (Fsp3) is 0.214. The molecule has 4 aromatic rings. The first-order valence-corrected chi connectivity index (χ1v) is 11.1. The van der Waals surface area contributed by atoms with Crippen molar-refractivity contribution < 1.29 is 9.53 Å². The highest BCUT2D eigenvalue weighted by Crippen LogP contribution is 2.39. The number of nitrogens with one attached hydrogen (secondary N) is 1. The zero-order valence-corrected chi connectivity index (χ0v) is 18.2. The van der Waals surface area contributed by atoms with E-state index in [2.05, 4.69) is 34.2 Å². The Hall–Kier alpha value is -3.66. The molecule has 0 amide bonds. The van der Waals surface area contributed by atoms with Gasteiger partial charge < -0.3 is 9.72 Å². The third kappa shape index (κ3) is 3.73. The predicted molar refractivity (Wildman–Crippen MR) is 125 cm³/mol. The molecular formula is C28H26N2O2. The molecular weight excluding hydrogens is 396 g/mol. The SMILES string of the molecule is C[C@](Oc1ccc2c(c1Cc1ccccc1)CCCC2=O)(c1ccccc1)c1ncc[nH]1. The number of carbonyl (C=O) groups excluding carboxylic acids is 1. The second-order valence-electron chi connectivity index (χ2n) is 8.45. The molecule has 4 nitrogen and oxygen atoms in total. The number of ether oxygens (including phenoxy) is 1. The third-order valence-corrected chi connectivity index (χ3v) is 6.33. The maximum Gasteiger partial charge on any atom is 0.188 e. The number of rotatable bonds is 6. The molecule has 1 aliphatic carbocycles. The Morgan fingerprint density at radius 3 is 2.44 bits per heavy atom. The van der Waals surface area contributed by atoms with Crippen LogP contribution in [0.25, 0.3) is 0 Å². The van der Waals surface area contributed by atoms with Crippen LogP contribution in [-0.2, 0) is 18.4 Å². The molecule has 0 bridgehead atoms. The van der Waals surface area contributed by atoms with Crippen LogP contribution in [-0.4, -0.2) is 15.8 Å². The normalized spacial score (nSPS) is 15.1. The molecule has 1 aliphatic rings. The van der Waals surface area contributed by atoms with Crippen molar-refractivity contribution in [2.75, 3.05) is 0 Å². The van der Waals surface area contributed by atoms with Crippen molar-refractivity contribution in [3.63, 3.8) is 0 Å². The minimum atomic E-state index is -0.802. The van der Waals surface area contributed by atoms with E-state index in [0.29, 0.717) is 6.42 Å². The number of benzene rings is 3. The molecule has 5 rings (SSSR count). The van der Waals surface area contributed by atoms with Gasteiger partial charge in [0.2, 0.25) is 0 Å². The Bertz CT molecular complexity index is 1220. The fourth-order valence-corrected chi connectivity index (χ4v) is 4.61. The van der Waals surface area contributed by atoms with Crippen LogP contribution in [0.3, 0.4) is 0 Å². The number of hydrogen-bond acceptors (Lipinski definition) is 3. The first kappa shape index (κ1) is 20.3. The molecule has 1 N–H and O–H groups in total. The van der Waals surface area contributed by atoms with Gasteiger partial charge in [-0.1, -0.05) is 60.7 Å². The molecule has 0 radical (unpaired) electrons. The Balaban J connectivity index is 1.64. The number of Topliss-reactive ketones (excluding diaryl/α,β-unsaturated/α-hetero) is 1. The lowest BCUT2D eigenvalue weighted by atomic mass is 9.84. The standard InChI is InChI=1S/C28H26N2O2/c1-28(27-29-17-18-30-27,21-11-6-3-7-12-21)32-26-16-15-23-22(13-8-14-25(23)31)24(26)19-20-9-4-2-5-10-20/h2-7,9-12,15-18H,8,13-14,19H2,1H3,(H,29,30)/t28-/m0/s1. The number of imidazole rings is 1. The lowest BCUT2D eigenvalue weighted by Crippen LogP contribution is -2.33. The van der Waals surface area contributed by atoms with E-state index in [4.69, 9.17) is 4.74 Å². The molecule has 0 spiro atoms. The Kier molecular flexibility index (Phi) is 5.36. The highest BCUT2D eigenvalue weighted by molar-refractivity contribution is 5.99. The summed E-state index contributed by atoms with van der Waals surface area (Å²) in [5.41, 5.74) is 4.46. The van der Waals surface area contributed by atoms with Gasteiger partial charge in [0, 0.05) is 41.9 Å². The van der Waals surface area contributed by atoms with Crippen LogP contribution in [0.1, 0.15) is 58.2 Å². The van der Waals surface area contributed by atoms with Gasteiger partial charge >= 0.3 is 0 Å². The topological polar surface area (TPSA) is 55.0 Å². The van der Waals surface area contributed by atoms with E-state index >= 15 is 0 Å². The summed E-state index contributed by atoms with van der Waals surface area (Å²) < 4.78 is 6.83. The summed E-state index contributed by atoms with van der Waals surface area (Å²) in [6, 6.07) is 24.4. The van der Waals surface area contributed by atoms with E-state index in [9.17, 15) is 4.79 Å².